The molecule has 6 heteroatoms. The molecule has 0 amide bonds. The van der Waals surface area contributed by atoms with Crippen LogP contribution in [-0.4, -0.2) is 22.2 Å². The molecular weight excluding hydrogens is 332 g/mol. The summed E-state index contributed by atoms with van der Waals surface area (Å²) in [6.45, 7) is 0. The highest BCUT2D eigenvalue weighted by molar-refractivity contribution is 9.10. The van der Waals surface area contributed by atoms with E-state index < -0.39 is 0 Å². The first-order valence-corrected chi connectivity index (χ1v) is 7.25. The van der Waals surface area contributed by atoms with Crippen molar-refractivity contribution in [2.24, 2.45) is 0 Å². The Morgan fingerprint density at radius 1 is 1.10 bits per heavy atom. The first-order chi connectivity index (χ1) is 10.3. The Morgan fingerprint density at radius 3 is 2.57 bits per heavy atom. The fourth-order valence-electron chi connectivity index (χ4n) is 2.04. The summed E-state index contributed by atoms with van der Waals surface area (Å²) in [5, 5.41) is 11.4. The number of hydrogen-bond acceptors (Lipinski definition) is 5. The van der Waals surface area contributed by atoms with E-state index in [1.807, 2.05) is 49.5 Å². The lowest BCUT2D eigenvalue weighted by Crippen LogP contribution is -2.17. The van der Waals surface area contributed by atoms with Gasteiger partial charge in [0, 0.05) is 10.7 Å². The number of nitrogens with one attached hydrogen (secondary N) is 1. The topological polar surface area (TPSA) is 63.8 Å². The van der Waals surface area contributed by atoms with E-state index in [-0.39, 0.29) is 6.04 Å². The molecule has 2 heterocycles. The fraction of sp³-hybridized carbons (Fsp3) is 0.133. The van der Waals surface area contributed by atoms with E-state index in [1.165, 1.54) is 0 Å². The van der Waals surface area contributed by atoms with Gasteiger partial charge in [-0.15, -0.1) is 10.2 Å². The summed E-state index contributed by atoms with van der Waals surface area (Å²) in [6.07, 6.45) is 1.70. The van der Waals surface area contributed by atoms with Crippen LogP contribution in [0.1, 0.15) is 17.5 Å². The van der Waals surface area contributed by atoms with Gasteiger partial charge < -0.3 is 9.73 Å². The standard InChI is InChI=1S/C15H13BrN4O/c1-17-13(10-5-3-2-4-6-10)15-20-19-14(21-15)12-8-7-11(16)9-18-12/h2-9,13,17H,1H3. The molecule has 1 unspecified atom stereocenters. The minimum Gasteiger partial charge on any atom is -0.417 e. The maximum absolute atomic E-state index is 5.75. The number of aromatic nitrogens is 3. The molecular formula is C15H13BrN4O. The van der Waals surface area contributed by atoms with Gasteiger partial charge in [-0.3, -0.25) is 0 Å². The predicted octanol–water partition coefficient (Wildman–Crippen LogP) is 3.20. The summed E-state index contributed by atoms with van der Waals surface area (Å²) in [7, 11) is 1.86. The number of benzene rings is 1. The number of rotatable bonds is 4. The summed E-state index contributed by atoms with van der Waals surface area (Å²) in [6, 6.07) is 13.5. The van der Waals surface area contributed by atoms with Crippen LogP contribution in [0.2, 0.25) is 0 Å². The van der Waals surface area contributed by atoms with Crippen LogP contribution in [0, 0.1) is 0 Å². The lowest BCUT2D eigenvalue weighted by atomic mass is 10.1. The second-order valence-electron chi connectivity index (χ2n) is 4.44. The zero-order chi connectivity index (χ0) is 14.7. The minimum atomic E-state index is -0.136. The molecule has 0 saturated heterocycles. The third-order valence-electron chi connectivity index (χ3n) is 3.06. The molecule has 21 heavy (non-hydrogen) atoms. The molecule has 0 saturated carbocycles. The molecule has 3 rings (SSSR count). The van der Waals surface area contributed by atoms with Crippen LogP contribution < -0.4 is 5.32 Å². The highest BCUT2D eigenvalue weighted by Gasteiger charge is 2.19. The molecule has 1 N–H and O–H groups in total. The zero-order valence-corrected chi connectivity index (χ0v) is 12.9. The van der Waals surface area contributed by atoms with Crippen LogP contribution >= 0.6 is 15.9 Å². The first-order valence-electron chi connectivity index (χ1n) is 6.45. The summed E-state index contributed by atoms with van der Waals surface area (Å²) >= 11 is 3.35. The van der Waals surface area contributed by atoms with Crippen LogP contribution in [0.4, 0.5) is 0 Å². The van der Waals surface area contributed by atoms with Crippen LogP contribution in [-0.2, 0) is 0 Å². The largest absolute Gasteiger partial charge is 0.417 e. The van der Waals surface area contributed by atoms with Gasteiger partial charge >= 0.3 is 0 Å². The van der Waals surface area contributed by atoms with Gasteiger partial charge in [-0.2, -0.15) is 0 Å². The van der Waals surface area contributed by atoms with Crippen molar-refractivity contribution in [2.45, 2.75) is 6.04 Å². The average molecular weight is 345 g/mol. The van der Waals surface area contributed by atoms with Crippen LogP contribution in [0.5, 0.6) is 0 Å². The smallest absolute Gasteiger partial charge is 0.266 e. The third kappa shape index (κ3) is 3.01. The highest BCUT2D eigenvalue weighted by Crippen LogP contribution is 2.24. The Labute approximate surface area is 130 Å². The number of halogens is 1. The lowest BCUT2D eigenvalue weighted by Gasteiger charge is -2.11. The van der Waals surface area contributed by atoms with Gasteiger partial charge in [0.05, 0.1) is 0 Å². The van der Waals surface area contributed by atoms with E-state index in [9.17, 15) is 0 Å². The van der Waals surface area contributed by atoms with E-state index in [0.29, 0.717) is 17.5 Å². The first kappa shape index (κ1) is 13.9. The van der Waals surface area contributed by atoms with E-state index >= 15 is 0 Å². The van der Waals surface area contributed by atoms with Gasteiger partial charge in [0.15, 0.2) is 0 Å². The van der Waals surface area contributed by atoms with Crippen molar-refractivity contribution in [3.05, 3.63) is 64.6 Å². The summed E-state index contributed by atoms with van der Waals surface area (Å²) in [4.78, 5) is 4.26. The Bertz CT molecular complexity index is 712. The second kappa shape index (κ2) is 6.15. The van der Waals surface area contributed by atoms with Gasteiger partial charge in [0.25, 0.3) is 5.89 Å². The van der Waals surface area contributed by atoms with E-state index in [2.05, 4.69) is 36.4 Å². The molecule has 2 aromatic heterocycles. The molecule has 0 spiro atoms. The average Bonchev–Trinajstić information content (AvgIpc) is 2.99. The number of hydrogen-bond donors (Lipinski definition) is 1. The maximum atomic E-state index is 5.75. The Hall–Kier alpha value is -2.05. The lowest BCUT2D eigenvalue weighted by molar-refractivity contribution is 0.455. The molecule has 0 fully saturated rings. The molecule has 5 nitrogen and oxygen atoms in total. The van der Waals surface area contributed by atoms with Crippen LogP contribution in [0.3, 0.4) is 0 Å². The highest BCUT2D eigenvalue weighted by atomic mass is 79.9. The molecule has 0 aliphatic heterocycles. The van der Waals surface area contributed by atoms with Crippen molar-refractivity contribution in [1.29, 1.82) is 0 Å². The van der Waals surface area contributed by atoms with Gasteiger partial charge in [0.1, 0.15) is 11.7 Å². The molecule has 0 radical (unpaired) electrons. The monoisotopic (exact) mass is 344 g/mol. The molecule has 0 aliphatic carbocycles. The Balaban J connectivity index is 1.92. The van der Waals surface area contributed by atoms with Crippen molar-refractivity contribution in [3.63, 3.8) is 0 Å². The number of pyridine rings is 1. The second-order valence-corrected chi connectivity index (χ2v) is 5.36. The fourth-order valence-corrected chi connectivity index (χ4v) is 2.27. The molecule has 3 aromatic rings. The van der Waals surface area contributed by atoms with Gasteiger partial charge in [-0.1, -0.05) is 30.3 Å². The summed E-state index contributed by atoms with van der Waals surface area (Å²) in [5.74, 6) is 0.928. The van der Waals surface area contributed by atoms with Gasteiger partial charge in [-0.25, -0.2) is 4.98 Å². The molecule has 1 aromatic carbocycles. The van der Waals surface area contributed by atoms with Crippen molar-refractivity contribution < 1.29 is 4.42 Å². The summed E-state index contributed by atoms with van der Waals surface area (Å²) < 4.78 is 6.66. The number of nitrogens with zero attached hydrogens (tertiary/aromatic N) is 3. The SMILES string of the molecule is CNC(c1ccccc1)c1nnc(-c2ccc(Br)cn2)o1. The summed E-state index contributed by atoms with van der Waals surface area (Å²) in [5.41, 5.74) is 1.72. The van der Waals surface area contributed by atoms with Crippen molar-refractivity contribution in [3.8, 4) is 11.6 Å². The third-order valence-corrected chi connectivity index (χ3v) is 3.52. The Morgan fingerprint density at radius 2 is 1.90 bits per heavy atom. The molecule has 0 aliphatic rings. The zero-order valence-electron chi connectivity index (χ0n) is 11.3. The van der Waals surface area contributed by atoms with E-state index in [1.54, 1.807) is 6.20 Å². The van der Waals surface area contributed by atoms with Crippen molar-refractivity contribution >= 4 is 15.9 Å². The normalized spacial score (nSPS) is 12.3. The minimum absolute atomic E-state index is 0.136. The van der Waals surface area contributed by atoms with E-state index in [4.69, 9.17) is 4.42 Å². The van der Waals surface area contributed by atoms with Gasteiger partial charge in [0.2, 0.25) is 5.89 Å². The van der Waals surface area contributed by atoms with Crippen molar-refractivity contribution in [2.75, 3.05) is 7.05 Å². The molecule has 106 valence electrons. The van der Waals surface area contributed by atoms with Gasteiger partial charge in [-0.05, 0) is 40.7 Å². The Kier molecular flexibility index (Phi) is 4.08. The van der Waals surface area contributed by atoms with Crippen LogP contribution in [0.15, 0.2) is 57.6 Å². The maximum Gasteiger partial charge on any atom is 0.266 e. The molecule has 0 bridgehead atoms. The molecule has 1 atom stereocenters. The van der Waals surface area contributed by atoms with E-state index in [0.717, 1.165) is 10.0 Å². The predicted molar refractivity (Wildman–Crippen MR) is 82.6 cm³/mol. The van der Waals surface area contributed by atoms with Crippen LogP contribution in [0.25, 0.3) is 11.6 Å². The quantitative estimate of drug-likeness (QED) is 0.787. The van der Waals surface area contributed by atoms with Crippen molar-refractivity contribution in [1.82, 2.24) is 20.5 Å².